The summed E-state index contributed by atoms with van der Waals surface area (Å²) in [5.74, 6) is 2.89. The Hall–Kier alpha value is -0.650. The second kappa shape index (κ2) is 9.27. The lowest BCUT2D eigenvalue weighted by Gasteiger charge is -2.65. The van der Waals surface area contributed by atoms with E-state index in [0.29, 0.717) is 48.3 Å². The zero-order valence-corrected chi connectivity index (χ0v) is 23.3. The van der Waals surface area contributed by atoms with Crippen molar-refractivity contribution in [3.8, 4) is 0 Å². The summed E-state index contributed by atoms with van der Waals surface area (Å²) in [6.07, 6.45) is 8.29. The summed E-state index contributed by atoms with van der Waals surface area (Å²) in [5, 5.41) is 33.2. The van der Waals surface area contributed by atoms with Crippen LogP contribution in [-0.2, 0) is 9.53 Å². The predicted molar refractivity (Wildman–Crippen MR) is 137 cm³/mol. The highest BCUT2D eigenvalue weighted by molar-refractivity contribution is 5.66. The molecule has 4 aliphatic rings. The van der Waals surface area contributed by atoms with Gasteiger partial charge in [0.15, 0.2) is 0 Å². The van der Waals surface area contributed by atoms with Gasteiger partial charge in [0.2, 0.25) is 0 Å². The zero-order chi connectivity index (χ0) is 26.0. The fraction of sp³-hybridized carbons (Fsp3) is 0.967. The molecule has 35 heavy (non-hydrogen) atoms. The summed E-state index contributed by atoms with van der Waals surface area (Å²) in [5.41, 5.74) is -1.62. The number of carbonyl (C=O) groups excluding carboxylic acids is 1. The Kier molecular flexibility index (Phi) is 7.26. The van der Waals surface area contributed by atoms with E-state index in [1.165, 1.54) is 26.2 Å². The molecule has 5 heteroatoms. The highest BCUT2D eigenvalue weighted by Crippen LogP contribution is 2.69. The van der Waals surface area contributed by atoms with E-state index in [1.54, 1.807) is 0 Å². The molecular weight excluding hydrogens is 440 g/mol. The molecule has 4 rings (SSSR count). The molecular formula is C30H52O5. The third kappa shape index (κ3) is 4.40. The van der Waals surface area contributed by atoms with E-state index in [4.69, 9.17) is 4.74 Å². The number of hydrogen-bond donors (Lipinski definition) is 3. The topological polar surface area (TPSA) is 87.0 Å². The van der Waals surface area contributed by atoms with Gasteiger partial charge >= 0.3 is 5.97 Å². The number of rotatable bonds is 6. The number of esters is 1. The van der Waals surface area contributed by atoms with Gasteiger partial charge in [0.1, 0.15) is 5.60 Å². The Bertz CT molecular complexity index is 796. The first-order valence-electron chi connectivity index (χ1n) is 14.4. The van der Waals surface area contributed by atoms with Gasteiger partial charge in [-0.1, -0.05) is 34.1 Å². The van der Waals surface area contributed by atoms with E-state index in [1.807, 2.05) is 13.8 Å². The van der Waals surface area contributed by atoms with Crippen LogP contribution in [0.15, 0.2) is 0 Å². The Balaban J connectivity index is 1.46. The summed E-state index contributed by atoms with van der Waals surface area (Å²) >= 11 is 0. The van der Waals surface area contributed by atoms with Crippen molar-refractivity contribution in [2.24, 2.45) is 46.3 Å². The second-order valence-electron chi connectivity index (χ2n) is 14.2. The molecule has 3 N–H and O–H groups in total. The van der Waals surface area contributed by atoms with E-state index in [0.717, 1.165) is 32.1 Å². The molecule has 6 unspecified atom stereocenters. The normalized spacial score (nSPS) is 47.3. The minimum atomic E-state index is -1.16. The molecule has 0 radical (unpaired) electrons. The van der Waals surface area contributed by atoms with Gasteiger partial charge in [-0.2, -0.15) is 0 Å². The molecule has 5 nitrogen and oxygen atoms in total. The smallest absolute Gasteiger partial charge is 0.303 e. The highest BCUT2D eigenvalue weighted by atomic mass is 16.6. The molecule has 0 aromatic carbocycles. The fourth-order valence-corrected chi connectivity index (χ4v) is 9.77. The van der Waals surface area contributed by atoms with E-state index in [-0.39, 0.29) is 16.8 Å². The van der Waals surface area contributed by atoms with Gasteiger partial charge in [-0.3, -0.25) is 4.79 Å². The maximum atomic E-state index is 11.7. The minimum Gasteiger partial charge on any atom is -0.460 e. The van der Waals surface area contributed by atoms with Crippen molar-refractivity contribution < 1.29 is 24.9 Å². The van der Waals surface area contributed by atoms with E-state index < -0.39 is 23.4 Å². The van der Waals surface area contributed by atoms with E-state index in [2.05, 4.69) is 27.7 Å². The molecule has 0 aliphatic heterocycles. The molecule has 0 saturated heterocycles. The molecule has 4 saturated carbocycles. The van der Waals surface area contributed by atoms with E-state index in [9.17, 15) is 20.1 Å². The summed E-state index contributed by atoms with van der Waals surface area (Å²) in [7, 11) is 0. The number of aliphatic hydroxyl groups is 3. The molecule has 202 valence electrons. The summed E-state index contributed by atoms with van der Waals surface area (Å²) in [6, 6.07) is 0. The van der Waals surface area contributed by atoms with Crippen molar-refractivity contribution in [3.63, 3.8) is 0 Å². The van der Waals surface area contributed by atoms with Crippen LogP contribution in [0.4, 0.5) is 0 Å². The summed E-state index contributed by atoms with van der Waals surface area (Å²) in [6.45, 7) is 14.9. The molecule has 0 amide bonds. The third-order valence-electron chi connectivity index (χ3n) is 12.2. The zero-order valence-electron chi connectivity index (χ0n) is 23.3. The van der Waals surface area contributed by atoms with Crippen molar-refractivity contribution in [1.29, 1.82) is 0 Å². The van der Waals surface area contributed by atoms with Gasteiger partial charge in [-0.05, 0) is 106 Å². The summed E-state index contributed by atoms with van der Waals surface area (Å²) in [4.78, 5) is 11.5. The van der Waals surface area contributed by atoms with Crippen LogP contribution in [0.1, 0.15) is 113 Å². The van der Waals surface area contributed by atoms with Crippen LogP contribution in [0.25, 0.3) is 0 Å². The molecule has 4 fully saturated rings. The number of carbonyl (C=O) groups is 1. The Morgan fingerprint density at radius 3 is 2.37 bits per heavy atom. The maximum absolute atomic E-state index is 11.7. The van der Waals surface area contributed by atoms with Gasteiger partial charge in [0, 0.05) is 18.8 Å². The molecule has 0 spiro atoms. The van der Waals surface area contributed by atoms with Crippen LogP contribution in [0.5, 0.6) is 0 Å². The first-order chi connectivity index (χ1) is 16.2. The van der Waals surface area contributed by atoms with Gasteiger partial charge in [-0.25, -0.2) is 0 Å². The molecule has 0 bridgehead atoms. The van der Waals surface area contributed by atoms with Crippen molar-refractivity contribution in [2.45, 2.75) is 136 Å². The third-order valence-corrected chi connectivity index (χ3v) is 12.2. The predicted octanol–water partition coefficient (Wildman–Crippen LogP) is 5.49. The lowest BCUT2D eigenvalue weighted by atomic mass is 9.42. The molecule has 0 aromatic rings. The van der Waals surface area contributed by atoms with Gasteiger partial charge in [0.05, 0.1) is 17.8 Å². The quantitative estimate of drug-likeness (QED) is 0.427. The number of aliphatic hydroxyl groups excluding tert-OH is 2. The van der Waals surface area contributed by atoms with Gasteiger partial charge < -0.3 is 20.1 Å². The largest absolute Gasteiger partial charge is 0.460 e. The van der Waals surface area contributed by atoms with Crippen LogP contribution >= 0.6 is 0 Å². The standard InChI is InChI=1S/C30H52O5/c1-18(8-9-19(2)27(4,5)35-20(3)31)23-10-11-24-22-16-26(33)30(34)17-21(32)12-15-29(30,7)25(22)13-14-28(23,24)6/h18-19,21-26,32-34H,8-17H2,1-7H3/t18-,19+,21+,22?,23?,24?,25?,26-,28?,29?,30+/m1/s1. The SMILES string of the molecule is CC(=O)OC(C)(C)[C@@H](C)CC[C@@H](C)C1CCC2C3C[C@@H](O)[C@@]4(O)C[C@@H](O)CCC4(C)C3CCC21C. The number of hydrogen-bond acceptors (Lipinski definition) is 5. The Morgan fingerprint density at radius 1 is 1.03 bits per heavy atom. The highest BCUT2D eigenvalue weighted by Gasteiger charge is 2.67. The van der Waals surface area contributed by atoms with Gasteiger partial charge in [0.25, 0.3) is 0 Å². The lowest BCUT2D eigenvalue weighted by molar-refractivity contribution is -0.264. The van der Waals surface area contributed by atoms with Crippen molar-refractivity contribution in [3.05, 3.63) is 0 Å². The maximum Gasteiger partial charge on any atom is 0.303 e. The van der Waals surface area contributed by atoms with Crippen LogP contribution in [0, 0.1) is 46.3 Å². The molecule has 11 atom stereocenters. The molecule has 0 aromatic heterocycles. The van der Waals surface area contributed by atoms with E-state index >= 15 is 0 Å². The molecule has 4 aliphatic carbocycles. The average Bonchev–Trinajstić information content (AvgIpc) is 3.10. The van der Waals surface area contributed by atoms with Crippen LogP contribution in [0.2, 0.25) is 0 Å². The van der Waals surface area contributed by atoms with Gasteiger partial charge in [-0.15, -0.1) is 0 Å². The number of fused-ring (bicyclic) bond motifs is 5. The first kappa shape index (κ1) is 27.4. The average molecular weight is 493 g/mol. The Labute approximate surface area is 213 Å². The molecule has 0 heterocycles. The van der Waals surface area contributed by atoms with Crippen molar-refractivity contribution in [2.75, 3.05) is 0 Å². The lowest BCUT2D eigenvalue weighted by Crippen LogP contribution is -2.68. The minimum absolute atomic E-state index is 0.208. The van der Waals surface area contributed by atoms with Crippen molar-refractivity contribution in [1.82, 2.24) is 0 Å². The van der Waals surface area contributed by atoms with Crippen LogP contribution < -0.4 is 0 Å². The van der Waals surface area contributed by atoms with Crippen molar-refractivity contribution >= 4 is 5.97 Å². The fourth-order valence-electron chi connectivity index (χ4n) is 9.77. The second-order valence-corrected chi connectivity index (χ2v) is 14.2. The summed E-state index contributed by atoms with van der Waals surface area (Å²) < 4.78 is 5.60. The number of ether oxygens (including phenoxy) is 1. The van der Waals surface area contributed by atoms with Crippen LogP contribution in [-0.4, -0.2) is 44.7 Å². The van der Waals surface area contributed by atoms with Crippen LogP contribution in [0.3, 0.4) is 0 Å². The Morgan fingerprint density at radius 2 is 1.71 bits per heavy atom. The first-order valence-corrected chi connectivity index (χ1v) is 14.4. The monoisotopic (exact) mass is 492 g/mol.